The van der Waals surface area contributed by atoms with Gasteiger partial charge in [-0.25, -0.2) is 4.98 Å². The van der Waals surface area contributed by atoms with E-state index in [0.29, 0.717) is 24.7 Å². The van der Waals surface area contributed by atoms with Crippen molar-refractivity contribution in [2.24, 2.45) is 0 Å². The molecule has 0 fully saturated rings. The first-order chi connectivity index (χ1) is 12.7. The van der Waals surface area contributed by atoms with Crippen molar-refractivity contribution in [3.8, 4) is 11.5 Å². The van der Waals surface area contributed by atoms with E-state index in [9.17, 15) is 4.79 Å². The number of aromatic nitrogens is 2. The second-order valence-electron chi connectivity index (χ2n) is 5.87. The van der Waals surface area contributed by atoms with Crippen LogP contribution in [0.2, 0.25) is 0 Å². The number of carbonyl (C=O) groups excluding carboxylic acids is 1. The van der Waals surface area contributed by atoms with Crippen molar-refractivity contribution in [2.45, 2.75) is 32.7 Å². The highest BCUT2D eigenvalue weighted by molar-refractivity contribution is 5.97. The average Bonchev–Trinajstić information content (AvgIpc) is 3.08. The summed E-state index contributed by atoms with van der Waals surface area (Å²) in [6.07, 6.45) is 4.35. The van der Waals surface area contributed by atoms with Crippen LogP contribution >= 0.6 is 0 Å². The van der Waals surface area contributed by atoms with Gasteiger partial charge in [0.1, 0.15) is 11.5 Å². The molecule has 1 aromatic carbocycles. The number of aryl methyl sites for hydroxylation is 1. The van der Waals surface area contributed by atoms with Crippen molar-refractivity contribution < 1.29 is 14.3 Å². The molecule has 1 aromatic heterocycles. The standard InChI is InChI=1S/C19H28N4O3/c1-4-12-23-14-22-18(20-2)17(23)19(24)21-11-5-6-13-26-16-9-7-15(25-3)8-10-16/h7-10,14,20H,4-6,11-13H2,1-3H3,(H,21,24). The lowest BCUT2D eigenvalue weighted by atomic mass is 10.3. The Morgan fingerprint density at radius 3 is 2.58 bits per heavy atom. The highest BCUT2D eigenvalue weighted by Gasteiger charge is 2.17. The van der Waals surface area contributed by atoms with Crippen molar-refractivity contribution in [1.29, 1.82) is 0 Å². The fraction of sp³-hybridized carbons (Fsp3) is 0.474. The van der Waals surface area contributed by atoms with Crippen LogP contribution in [0, 0.1) is 0 Å². The molecule has 7 nitrogen and oxygen atoms in total. The molecule has 0 spiro atoms. The minimum Gasteiger partial charge on any atom is -0.497 e. The second-order valence-corrected chi connectivity index (χ2v) is 5.87. The smallest absolute Gasteiger partial charge is 0.271 e. The molecule has 0 aliphatic carbocycles. The normalized spacial score (nSPS) is 10.4. The van der Waals surface area contributed by atoms with Crippen LogP contribution in [0.5, 0.6) is 11.5 Å². The monoisotopic (exact) mass is 360 g/mol. The van der Waals surface area contributed by atoms with Gasteiger partial charge in [-0.3, -0.25) is 4.79 Å². The van der Waals surface area contributed by atoms with Crippen molar-refractivity contribution in [2.75, 3.05) is 32.6 Å². The van der Waals surface area contributed by atoms with E-state index < -0.39 is 0 Å². The van der Waals surface area contributed by atoms with Crippen LogP contribution in [0.1, 0.15) is 36.7 Å². The zero-order valence-electron chi connectivity index (χ0n) is 15.7. The predicted octanol–water partition coefficient (Wildman–Crippen LogP) is 2.93. The molecule has 7 heteroatoms. The molecule has 0 aliphatic rings. The number of benzene rings is 1. The topological polar surface area (TPSA) is 77.4 Å². The molecule has 0 bridgehead atoms. The largest absolute Gasteiger partial charge is 0.497 e. The lowest BCUT2D eigenvalue weighted by molar-refractivity contribution is 0.0944. The fourth-order valence-corrected chi connectivity index (χ4v) is 2.59. The molecule has 142 valence electrons. The Balaban J connectivity index is 1.71. The molecule has 0 unspecified atom stereocenters. The number of ether oxygens (including phenoxy) is 2. The minimum atomic E-state index is -0.101. The number of anilines is 1. The van der Waals surface area contributed by atoms with E-state index >= 15 is 0 Å². The van der Waals surface area contributed by atoms with Gasteiger partial charge < -0.3 is 24.7 Å². The zero-order chi connectivity index (χ0) is 18.8. The van der Waals surface area contributed by atoms with Gasteiger partial charge in [0.05, 0.1) is 20.0 Å². The third-order valence-corrected chi connectivity index (χ3v) is 3.94. The van der Waals surface area contributed by atoms with Gasteiger partial charge in [0.15, 0.2) is 11.5 Å². The van der Waals surface area contributed by atoms with E-state index in [1.165, 1.54) is 0 Å². The Morgan fingerprint density at radius 1 is 1.19 bits per heavy atom. The molecule has 2 rings (SSSR count). The predicted molar refractivity (Wildman–Crippen MR) is 102 cm³/mol. The van der Waals surface area contributed by atoms with Crippen molar-refractivity contribution in [3.05, 3.63) is 36.3 Å². The molecule has 26 heavy (non-hydrogen) atoms. The van der Waals surface area contributed by atoms with Gasteiger partial charge in [0, 0.05) is 20.1 Å². The molecule has 0 atom stereocenters. The minimum absolute atomic E-state index is 0.101. The summed E-state index contributed by atoms with van der Waals surface area (Å²) in [6, 6.07) is 7.51. The number of hydrogen-bond donors (Lipinski definition) is 2. The number of amides is 1. The summed E-state index contributed by atoms with van der Waals surface area (Å²) in [4.78, 5) is 16.7. The Labute approximate surface area is 154 Å². The van der Waals surface area contributed by atoms with Crippen LogP contribution in [0.15, 0.2) is 30.6 Å². The molecule has 0 aliphatic heterocycles. The maximum Gasteiger partial charge on any atom is 0.271 e. The Hall–Kier alpha value is -2.70. The van der Waals surface area contributed by atoms with Crippen LogP contribution in [-0.4, -0.2) is 42.8 Å². The van der Waals surface area contributed by atoms with E-state index in [-0.39, 0.29) is 5.91 Å². The Kier molecular flexibility index (Phi) is 7.79. The zero-order valence-corrected chi connectivity index (χ0v) is 15.7. The van der Waals surface area contributed by atoms with Gasteiger partial charge in [0.25, 0.3) is 5.91 Å². The van der Waals surface area contributed by atoms with Crippen LogP contribution in [-0.2, 0) is 6.54 Å². The van der Waals surface area contributed by atoms with Crippen molar-refractivity contribution in [3.63, 3.8) is 0 Å². The highest BCUT2D eigenvalue weighted by atomic mass is 16.5. The number of hydrogen-bond acceptors (Lipinski definition) is 5. The van der Waals surface area contributed by atoms with Gasteiger partial charge in [-0.2, -0.15) is 0 Å². The van der Waals surface area contributed by atoms with Crippen LogP contribution < -0.4 is 20.1 Å². The lowest BCUT2D eigenvalue weighted by Gasteiger charge is -2.10. The number of nitrogens with zero attached hydrogens (tertiary/aromatic N) is 2. The quantitative estimate of drug-likeness (QED) is 0.603. The third-order valence-electron chi connectivity index (χ3n) is 3.94. The van der Waals surface area contributed by atoms with Crippen LogP contribution in [0.25, 0.3) is 0 Å². The Morgan fingerprint density at radius 2 is 1.92 bits per heavy atom. The first kappa shape index (κ1) is 19.6. The van der Waals surface area contributed by atoms with Gasteiger partial charge in [-0.15, -0.1) is 0 Å². The fourth-order valence-electron chi connectivity index (χ4n) is 2.59. The van der Waals surface area contributed by atoms with E-state index in [2.05, 4.69) is 22.5 Å². The summed E-state index contributed by atoms with van der Waals surface area (Å²) >= 11 is 0. The van der Waals surface area contributed by atoms with Crippen molar-refractivity contribution in [1.82, 2.24) is 14.9 Å². The molecule has 2 aromatic rings. The maximum atomic E-state index is 12.4. The summed E-state index contributed by atoms with van der Waals surface area (Å²) < 4.78 is 12.7. The number of carbonyl (C=O) groups is 1. The summed E-state index contributed by atoms with van der Waals surface area (Å²) in [5.74, 6) is 2.13. The lowest BCUT2D eigenvalue weighted by Crippen LogP contribution is -2.27. The summed E-state index contributed by atoms with van der Waals surface area (Å²) in [5.41, 5.74) is 0.587. The van der Waals surface area contributed by atoms with E-state index in [0.717, 1.165) is 37.3 Å². The van der Waals surface area contributed by atoms with Gasteiger partial charge in [-0.1, -0.05) is 6.92 Å². The SMILES string of the molecule is CCCn1cnc(NC)c1C(=O)NCCCCOc1ccc(OC)cc1. The average molecular weight is 360 g/mol. The molecular weight excluding hydrogens is 332 g/mol. The summed E-state index contributed by atoms with van der Waals surface area (Å²) in [5, 5.41) is 5.93. The summed E-state index contributed by atoms with van der Waals surface area (Å²) in [6.45, 7) is 4.06. The van der Waals surface area contributed by atoms with E-state index in [1.54, 1.807) is 20.5 Å². The maximum absolute atomic E-state index is 12.4. The van der Waals surface area contributed by atoms with E-state index in [4.69, 9.17) is 9.47 Å². The van der Waals surface area contributed by atoms with Crippen LogP contribution in [0.3, 0.4) is 0 Å². The molecule has 2 N–H and O–H groups in total. The first-order valence-electron chi connectivity index (χ1n) is 8.97. The molecule has 1 amide bonds. The number of unbranched alkanes of at least 4 members (excludes halogenated alkanes) is 1. The number of nitrogens with one attached hydrogen (secondary N) is 2. The highest BCUT2D eigenvalue weighted by Crippen LogP contribution is 2.17. The summed E-state index contributed by atoms with van der Waals surface area (Å²) in [7, 11) is 3.41. The first-order valence-corrected chi connectivity index (χ1v) is 8.97. The van der Waals surface area contributed by atoms with Crippen molar-refractivity contribution >= 4 is 11.7 Å². The number of rotatable bonds is 11. The third kappa shape index (κ3) is 5.40. The number of imidazole rings is 1. The van der Waals surface area contributed by atoms with Crippen LogP contribution in [0.4, 0.5) is 5.82 Å². The molecule has 0 saturated heterocycles. The second kappa shape index (κ2) is 10.3. The number of methoxy groups -OCH3 is 1. The van der Waals surface area contributed by atoms with Gasteiger partial charge in [0.2, 0.25) is 0 Å². The molecule has 0 radical (unpaired) electrons. The molecular formula is C19H28N4O3. The van der Waals surface area contributed by atoms with E-state index in [1.807, 2.05) is 28.8 Å². The van der Waals surface area contributed by atoms with Gasteiger partial charge in [-0.05, 0) is 43.5 Å². The molecule has 1 heterocycles. The molecule has 0 saturated carbocycles. The Bertz CT molecular complexity index is 683. The van der Waals surface area contributed by atoms with Gasteiger partial charge >= 0.3 is 0 Å².